The smallest absolute Gasteiger partial charge is 0.243 e. The molecule has 8 heteroatoms. The maximum Gasteiger partial charge on any atom is 0.243 e. The van der Waals surface area contributed by atoms with Gasteiger partial charge in [0.25, 0.3) is 0 Å². The number of nitrogens with zero attached hydrogens (tertiary/aromatic N) is 3. The Morgan fingerprint density at radius 2 is 1.61 bits per heavy atom. The van der Waals surface area contributed by atoms with Gasteiger partial charge in [0.2, 0.25) is 15.9 Å². The van der Waals surface area contributed by atoms with Crippen molar-refractivity contribution in [2.45, 2.75) is 52.4 Å². The van der Waals surface area contributed by atoms with Gasteiger partial charge in [0, 0.05) is 65.3 Å². The van der Waals surface area contributed by atoms with E-state index in [1.165, 1.54) is 6.42 Å². The van der Waals surface area contributed by atoms with E-state index >= 15 is 0 Å². The first-order valence-corrected chi connectivity index (χ1v) is 13.8. The highest BCUT2D eigenvalue weighted by atomic mass is 32.2. The van der Waals surface area contributed by atoms with E-state index in [0.717, 1.165) is 42.9 Å². The minimum absolute atomic E-state index is 0.0364. The van der Waals surface area contributed by atoms with Crippen molar-refractivity contribution < 1.29 is 13.2 Å². The standard InChI is InChI=1S/C25H42N4O3S/c1-19-15-22(4)25(23(5)16-19)33(31,32)29(9-6-24(30)28-10-7-26-8-11-28)13-12-27-17-20(2)14-21(3)18-27/h15-16,20-21,26H,6-14,17-18H2,1-5H3/t20-,21+. The van der Waals surface area contributed by atoms with Crippen molar-refractivity contribution in [3.05, 3.63) is 28.8 Å². The second-order valence-corrected chi connectivity index (χ2v) is 12.1. The normalized spacial score (nSPS) is 22.7. The van der Waals surface area contributed by atoms with Crippen molar-refractivity contribution in [2.75, 3.05) is 58.9 Å². The molecule has 1 aromatic carbocycles. The van der Waals surface area contributed by atoms with Crippen LogP contribution in [0.2, 0.25) is 0 Å². The van der Waals surface area contributed by atoms with Crippen molar-refractivity contribution in [1.82, 2.24) is 19.4 Å². The van der Waals surface area contributed by atoms with Crippen LogP contribution in [0.5, 0.6) is 0 Å². The molecule has 2 aliphatic rings. The van der Waals surface area contributed by atoms with E-state index in [0.29, 0.717) is 42.9 Å². The van der Waals surface area contributed by atoms with E-state index in [-0.39, 0.29) is 18.9 Å². The molecule has 1 N–H and O–H groups in total. The second-order valence-electron chi connectivity index (χ2n) is 10.2. The van der Waals surface area contributed by atoms with Gasteiger partial charge in [0.05, 0.1) is 4.90 Å². The van der Waals surface area contributed by atoms with Gasteiger partial charge in [-0.05, 0) is 50.2 Å². The molecular formula is C25H42N4O3S. The van der Waals surface area contributed by atoms with Gasteiger partial charge < -0.3 is 15.1 Å². The highest BCUT2D eigenvalue weighted by molar-refractivity contribution is 7.89. The Hall–Kier alpha value is -1.48. The highest BCUT2D eigenvalue weighted by Gasteiger charge is 2.30. The van der Waals surface area contributed by atoms with Gasteiger partial charge in [-0.1, -0.05) is 31.5 Å². The van der Waals surface area contributed by atoms with Gasteiger partial charge in [0.15, 0.2) is 0 Å². The van der Waals surface area contributed by atoms with Crippen LogP contribution in [-0.4, -0.2) is 87.3 Å². The predicted molar refractivity (Wildman–Crippen MR) is 133 cm³/mol. The molecule has 7 nitrogen and oxygen atoms in total. The number of sulfonamides is 1. The molecule has 0 aromatic heterocycles. The molecule has 0 saturated carbocycles. The number of piperidine rings is 1. The summed E-state index contributed by atoms with van der Waals surface area (Å²) < 4.78 is 29.3. The zero-order valence-corrected chi connectivity index (χ0v) is 21.9. The van der Waals surface area contributed by atoms with Crippen LogP contribution < -0.4 is 5.32 Å². The topological polar surface area (TPSA) is 73.0 Å². The molecule has 33 heavy (non-hydrogen) atoms. The molecule has 0 spiro atoms. The number of carbonyl (C=O) groups is 1. The van der Waals surface area contributed by atoms with Crippen LogP contribution in [0.15, 0.2) is 17.0 Å². The molecule has 3 rings (SSSR count). The van der Waals surface area contributed by atoms with Gasteiger partial charge in [-0.15, -0.1) is 0 Å². The zero-order valence-electron chi connectivity index (χ0n) is 21.1. The molecule has 0 aliphatic carbocycles. The average Bonchev–Trinajstić information content (AvgIpc) is 2.72. The highest BCUT2D eigenvalue weighted by Crippen LogP contribution is 2.26. The quantitative estimate of drug-likeness (QED) is 0.621. The van der Waals surface area contributed by atoms with Gasteiger partial charge in [-0.2, -0.15) is 4.31 Å². The Balaban J connectivity index is 1.78. The van der Waals surface area contributed by atoms with Crippen molar-refractivity contribution in [1.29, 1.82) is 0 Å². The maximum atomic E-state index is 13.8. The lowest BCUT2D eigenvalue weighted by atomic mass is 9.92. The summed E-state index contributed by atoms with van der Waals surface area (Å²) in [4.78, 5) is 17.4. The summed E-state index contributed by atoms with van der Waals surface area (Å²) in [7, 11) is -3.71. The minimum Gasteiger partial charge on any atom is -0.340 e. The number of hydrogen-bond acceptors (Lipinski definition) is 5. The van der Waals surface area contributed by atoms with Gasteiger partial charge in [0.1, 0.15) is 0 Å². The zero-order chi connectivity index (χ0) is 24.2. The SMILES string of the molecule is Cc1cc(C)c(S(=O)(=O)N(CCC(=O)N2CCNCC2)CCN2C[C@H](C)C[C@H](C)C2)c(C)c1. The number of hydrogen-bond donors (Lipinski definition) is 1. The number of nitrogens with one attached hydrogen (secondary N) is 1. The van der Waals surface area contributed by atoms with Crippen LogP contribution in [0.4, 0.5) is 0 Å². The molecule has 1 amide bonds. The first-order valence-electron chi connectivity index (χ1n) is 12.4. The molecule has 0 bridgehead atoms. The monoisotopic (exact) mass is 478 g/mol. The Morgan fingerprint density at radius 1 is 1.03 bits per heavy atom. The van der Waals surface area contributed by atoms with E-state index in [1.54, 1.807) is 4.31 Å². The molecule has 2 aliphatic heterocycles. The van der Waals surface area contributed by atoms with Crippen molar-refractivity contribution >= 4 is 15.9 Å². The first-order chi connectivity index (χ1) is 15.6. The lowest BCUT2D eigenvalue weighted by Gasteiger charge is -2.36. The van der Waals surface area contributed by atoms with E-state index < -0.39 is 10.0 Å². The Morgan fingerprint density at radius 3 is 2.18 bits per heavy atom. The summed E-state index contributed by atoms with van der Waals surface area (Å²) in [6.45, 7) is 16.5. The molecule has 0 unspecified atom stereocenters. The van der Waals surface area contributed by atoms with E-state index in [1.807, 2.05) is 37.8 Å². The number of piperazine rings is 1. The van der Waals surface area contributed by atoms with Crippen LogP contribution in [0.25, 0.3) is 0 Å². The number of amides is 1. The van der Waals surface area contributed by atoms with E-state index in [4.69, 9.17) is 0 Å². The predicted octanol–water partition coefficient (Wildman–Crippen LogP) is 2.40. The average molecular weight is 479 g/mol. The summed E-state index contributed by atoms with van der Waals surface area (Å²) in [6, 6.07) is 3.86. The number of benzene rings is 1. The fraction of sp³-hybridized carbons (Fsp3) is 0.720. The second kappa shape index (κ2) is 11.3. The molecule has 2 heterocycles. The Bertz CT molecular complexity index is 895. The van der Waals surface area contributed by atoms with Crippen LogP contribution >= 0.6 is 0 Å². The van der Waals surface area contributed by atoms with Gasteiger partial charge in [-0.3, -0.25) is 4.79 Å². The van der Waals surface area contributed by atoms with Crippen LogP contribution in [0.3, 0.4) is 0 Å². The van der Waals surface area contributed by atoms with Gasteiger partial charge >= 0.3 is 0 Å². The summed E-state index contributed by atoms with van der Waals surface area (Å²) >= 11 is 0. The van der Waals surface area contributed by atoms with Crippen molar-refractivity contribution in [3.63, 3.8) is 0 Å². The van der Waals surface area contributed by atoms with Crippen molar-refractivity contribution in [2.24, 2.45) is 11.8 Å². The first kappa shape index (κ1) is 26.1. The molecule has 186 valence electrons. The largest absolute Gasteiger partial charge is 0.340 e. The fourth-order valence-corrected chi connectivity index (χ4v) is 7.42. The van der Waals surface area contributed by atoms with Crippen LogP contribution in [-0.2, 0) is 14.8 Å². The molecule has 2 fully saturated rings. The number of rotatable bonds is 8. The molecule has 1 aromatic rings. The summed E-state index contributed by atoms with van der Waals surface area (Å²) in [5.74, 6) is 1.28. The minimum atomic E-state index is -3.71. The van der Waals surface area contributed by atoms with E-state index in [2.05, 4.69) is 24.1 Å². The lowest BCUT2D eigenvalue weighted by Crippen LogP contribution is -2.48. The van der Waals surface area contributed by atoms with E-state index in [9.17, 15) is 13.2 Å². The van der Waals surface area contributed by atoms with Gasteiger partial charge in [-0.25, -0.2) is 8.42 Å². The maximum absolute atomic E-state index is 13.8. The third-order valence-corrected chi connectivity index (χ3v) is 9.06. The molecule has 0 radical (unpaired) electrons. The number of aryl methyl sites for hydroxylation is 3. The Labute approximate surface area is 200 Å². The number of likely N-dealkylation sites (tertiary alicyclic amines) is 1. The summed E-state index contributed by atoms with van der Waals surface area (Å²) in [6.07, 6.45) is 1.44. The molecular weight excluding hydrogens is 436 g/mol. The van der Waals surface area contributed by atoms with Crippen molar-refractivity contribution in [3.8, 4) is 0 Å². The molecule has 2 atom stereocenters. The molecule has 2 saturated heterocycles. The third kappa shape index (κ3) is 6.78. The van der Waals surface area contributed by atoms with Crippen LogP contribution in [0.1, 0.15) is 43.4 Å². The summed E-state index contributed by atoms with van der Waals surface area (Å²) in [5.41, 5.74) is 2.60. The lowest BCUT2D eigenvalue weighted by molar-refractivity contribution is -0.131. The summed E-state index contributed by atoms with van der Waals surface area (Å²) in [5, 5.41) is 3.26. The number of carbonyl (C=O) groups excluding carboxylic acids is 1. The third-order valence-electron chi connectivity index (χ3n) is 6.86. The Kier molecular flexibility index (Phi) is 8.95. The van der Waals surface area contributed by atoms with Crippen LogP contribution in [0, 0.1) is 32.6 Å². The fourth-order valence-electron chi connectivity index (χ4n) is 5.58.